The Morgan fingerprint density at radius 1 is 1.11 bits per heavy atom. The van der Waals surface area contributed by atoms with Gasteiger partial charge in [0.25, 0.3) is 5.91 Å². The van der Waals surface area contributed by atoms with Gasteiger partial charge in [0.1, 0.15) is 22.8 Å². The molecule has 0 radical (unpaired) electrons. The van der Waals surface area contributed by atoms with Crippen LogP contribution in [0.25, 0.3) is 0 Å². The van der Waals surface area contributed by atoms with Crippen molar-refractivity contribution < 1.29 is 47.3 Å². The van der Waals surface area contributed by atoms with E-state index in [1.54, 1.807) is 6.19 Å². The maximum atomic E-state index is 14.4. The average Bonchev–Trinajstić information content (AvgIpc) is 3.14. The topological polar surface area (TPSA) is 110 Å². The molecule has 242 valence electrons. The minimum Gasteiger partial charge on any atom is -0.391 e. The Kier molecular flexibility index (Phi) is 7.91. The number of nitrogens with zero attached hydrogens (tertiary/aromatic N) is 4. The lowest BCUT2D eigenvalue weighted by molar-refractivity contribution is -0.130. The molecule has 2 fully saturated rings. The highest BCUT2D eigenvalue weighted by molar-refractivity contribution is 8.45. The molecule has 0 bridgehead atoms. The zero-order valence-corrected chi connectivity index (χ0v) is 24.2. The molecule has 1 aliphatic carbocycles. The van der Waals surface area contributed by atoms with Crippen LogP contribution in [0.5, 0.6) is 0 Å². The van der Waals surface area contributed by atoms with Crippen molar-refractivity contribution in [3.63, 3.8) is 0 Å². The van der Waals surface area contributed by atoms with Crippen molar-refractivity contribution in [3.05, 3.63) is 54.1 Å². The fourth-order valence-corrected chi connectivity index (χ4v) is 6.17. The molecule has 1 aromatic heterocycles. The first kappa shape index (κ1) is 33.2. The number of benzene rings is 1. The molecule has 3 atom stereocenters. The molecule has 2 amide bonds. The Balaban J connectivity index is 1.88. The molecule has 2 aromatic rings. The van der Waals surface area contributed by atoms with E-state index in [1.165, 1.54) is 13.8 Å². The SMILES string of the molecule is CC1(C)C(O)CN(C#N)C1C(=O)N(c1ccc(S(F)(F)(F)(F)F)cc1)C(C(=O)NC1CCC(F)(F)CC1)c1cncc(F)c1. The molecule has 3 unspecified atom stereocenters. The number of alkyl halides is 2. The van der Waals surface area contributed by atoms with E-state index in [1.807, 2.05) is 0 Å². The highest BCUT2D eigenvalue weighted by Gasteiger charge is 2.65. The fraction of sp³-hybridized carbons (Fsp3) is 0.481. The highest BCUT2D eigenvalue weighted by atomic mass is 32.5. The minimum absolute atomic E-state index is 0.0237. The number of likely N-dealkylation sites (tertiary alicyclic amines) is 1. The Labute approximate surface area is 247 Å². The van der Waals surface area contributed by atoms with Gasteiger partial charge in [-0.15, -0.1) is 0 Å². The highest BCUT2D eigenvalue weighted by Crippen LogP contribution is 3.02. The second-order valence-electron chi connectivity index (χ2n) is 11.6. The quantitative estimate of drug-likeness (QED) is 0.272. The van der Waals surface area contributed by atoms with Crippen LogP contribution in [0, 0.1) is 22.7 Å². The molecule has 2 aliphatic rings. The lowest BCUT2D eigenvalue weighted by Crippen LogP contribution is -2.55. The van der Waals surface area contributed by atoms with Crippen LogP contribution in [-0.2, 0) is 9.59 Å². The lowest BCUT2D eigenvalue weighted by Gasteiger charge is -2.41. The third-order valence-electron chi connectivity index (χ3n) is 8.02. The van der Waals surface area contributed by atoms with Gasteiger partial charge in [0.2, 0.25) is 11.8 Å². The number of nitrogens with one attached hydrogen (secondary N) is 1. The first-order valence-electron chi connectivity index (χ1n) is 13.3. The van der Waals surface area contributed by atoms with Gasteiger partial charge >= 0.3 is 10.2 Å². The van der Waals surface area contributed by atoms with Crippen LogP contribution in [-0.4, -0.2) is 57.5 Å². The molecule has 1 saturated carbocycles. The number of halogens is 8. The standard InChI is InChI=1S/C27H29F8N5O3S/c1-26(2)21(41)14-39(15-36)23(26)25(43)40(19-3-5-20(6-4-19)44(31,32,33,34)35)22(16-11-17(28)13-37-12-16)24(42)38-18-7-9-27(29,30)10-8-18/h3-6,11-13,18,21-23,41H,7-10,14H2,1-2H3,(H,38,42). The maximum absolute atomic E-state index is 14.4. The Hall–Kier alpha value is -3.65. The number of rotatable bonds is 7. The van der Waals surface area contributed by atoms with Crippen LogP contribution >= 0.6 is 10.2 Å². The number of anilines is 1. The number of aliphatic hydroxyl groups is 1. The number of hydrogen-bond acceptors (Lipinski definition) is 6. The van der Waals surface area contributed by atoms with Crippen LogP contribution in [0.15, 0.2) is 47.6 Å². The molecule has 4 rings (SSSR count). The van der Waals surface area contributed by atoms with E-state index in [0.29, 0.717) is 17.0 Å². The molecule has 17 heteroatoms. The predicted octanol–water partition coefficient (Wildman–Crippen LogP) is 6.20. The van der Waals surface area contributed by atoms with Gasteiger partial charge in [-0.2, -0.15) is 5.26 Å². The number of aliphatic hydroxyl groups excluding tert-OH is 1. The summed E-state index contributed by atoms with van der Waals surface area (Å²) in [6.07, 6.45) is 0.800. The van der Waals surface area contributed by atoms with Gasteiger partial charge in [-0.25, -0.2) is 13.2 Å². The van der Waals surface area contributed by atoms with Crippen molar-refractivity contribution in [1.29, 1.82) is 5.26 Å². The van der Waals surface area contributed by atoms with E-state index in [0.717, 1.165) is 23.4 Å². The molecule has 2 N–H and O–H groups in total. The third kappa shape index (κ3) is 6.85. The monoisotopic (exact) mass is 655 g/mol. The summed E-state index contributed by atoms with van der Waals surface area (Å²) in [4.78, 5) is 31.1. The van der Waals surface area contributed by atoms with E-state index in [4.69, 9.17) is 0 Å². The molecule has 1 aromatic carbocycles. The van der Waals surface area contributed by atoms with E-state index in [9.17, 15) is 52.6 Å². The smallest absolute Gasteiger partial charge is 0.310 e. The van der Waals surface area contributed by atoms with Gasteiger partial charge in [-0.05, 0) is 43.2 Å². The average molecular weight is 656 g/mol. The van der Waals surface area contributed by atoms with Crippen LogP contribution < -0.4 is 10.2 Å². The number of carbonyl (C=O) groups is 2. The van der Waals surface area contributed by atoms with Crippen molar-refractivity contribution in [1.82, 2.24) is 15.2 Å². The summed E-state index contributed by atoms with van der Waals surface area (Å²) in [5.74, 6) is -6.11. The summed E-state index contributed by atoms with van der Waals surface area (Å²) in [5, 5.41) is 22.9. The van der Waals surface area contributed by atoms with Gasteiger partial charge in [0.15, 0.2) is 6.19 Å². The van der Waals surface area contributed by atoms with Crippen molar-refractivity contribution in [2.45, 2.75) is 74.6 Å². The number of hydrogen-bond donors (Lipinski definition) is 2. The molecule has 2 heterocycles. The Bertz CT molecular complexity index is 1470. The summed E-state index contributed by atoms with van der Waals surface area (Å²) in [6.45, 7) is 2.52. The largest absolute Gasteiger partial charge is 0.391 e. The van der Waals surface area contributed by atoms with Crippen LogP contribution in [0.3, 0.4) is 0 Å². The summed E-state index contributed by atoms with van der Waals surface area (Å²) in [5.41, 5.74) is -2.20. The van der Waals surface area contributed by atoms with E-state index < -0.39 is 86.8 Å². The zero-order chi connectivity index (χ0) is 32.9. The molecule has 44 heavy (non-hydrogen) atoms. The number of pyridine rings is 1. The second-order valence-corrected chi connectivity index (χ2v) is 14.1. The first-order chi connectivity index (χ1) is 20.0. The van der Waals surface area contributed by atoms with Crippen molar-refractivity contribution in [2.24, 2.45) is 5.41 Å². The summed E-state index contributed by atoms with van der Waals surface area (Å²) in [6, 6.07) is -2.36. The van der Waals surface area contributed by atoms with Crippen LogP contribution in [0.4, 0.5) is 38.3 Å². The lowest BCUT2D eigenvalue weighted by atomic mass is 9.81. The Morgan fingerprint density at radius 3 is 2.23 bits per heavy atom. The number of aromatic nitrogens is 1. The van der Waals surface area contributed by atoms with Gasteiger partial charge in [0, 0.05) is 41.7 Å². The second kappa shape index (κ2) is 10.5. The van der Waals surface area contributed by atoms with E-state index in [2.05, 4.69) is 10.3 Å². The molecule has 8 nitrogen and oxygen atoms in total. The number of β-amino-alcohol motifs (C(OH)–C–C–N with tert-alkyl or cyclic N) is 1. The van der Waals surface area contributed by atoms with Crippen LogP contribution in [0.1, 0.15) is 51.1 Å². The van der Waals surface area contributed by atoms with Crippen molar-refractivity contribution >= 4 is 27.7 Å². The van der Waals surface area contributed by atoms with Crippen molar-refractivity contribution in [3.8, 4) is 6.19 Å². The normalized spacial score (nSPS) is 24.0. The van der Waals surface area contributed by atoms with Crippen molar-refractivity contribution in [2.75, 3.05) is 11.4 Å². The Morgan fingerprint density at radius 2 is 1.70 bits per heavy atom. The maximum Gasteiger partial charge on any atom is 0.310 e. The van der Waals surface area contributed by atoms with E-state index in [-0.39, 0.29) is 37.1 Å². The third-order valence-corrected chi connectivity index (χ3v) is 9.18. The molecule has 0 spiro atoms. The van der Waals surface area contributed by atoms with Crippen LogP contribution in [0.2, 0.25) is 0 Å². The molecule has 1 saturated heterocycles. The summed E-state index contributed by atoms with van der Waals surface area (Å²) in [7, 11) is -10.2. The fourth-order valence-electron chi connectivity index (χ4n) is 5.52. The summed E-state index contributed by atoms with van der Waals surface area (Å²) >= 11 is 0. The molecule has 1 aliphatic heterocycles. The number of nitriles is 1. The van der Waals surface area contributed by atoms with Gasteiger partial charge in [-0.3, -0.25) is 24.4 Å². The molecular formula is C27H29F8N5O3S. The first-order valence-corrected chi connectivity index (χ1v) is 15.3. The van der Waals surface area contributed by atoms with E-state index >= 15 is 0 Å². The zero-order valence-electron chi connectivity index (χ0n) is 23.4. The number of carbonyl (C=O) groups excluding carboxylic acids is 2. The summed E-state index contributed by atoms with van der Waals surface area (Å²) < 4.78 is 110. The van der Waals surface area contributed by atoms with Gasteiger partial charge in [0.05, 0.1) is 18.8 Å². The number of amides is 2. The molecular weight excluding hydrogens is 626 g/mol. The predicted molar refractivity (Wildman–Crippen MR) is 144 cm³/mol. The minimum atomic E-state index is -10.2. The van der Waals surface area contributed by atoms with Gasteiger partial charge < -0.3 is 10.4 Å². The van der Waals surface area contributed by atoms with Gasteiger partial charge in [-0.1, -0.05) is 33.3 Å².